The monoisotopic (exact) mass is 503 g/mol. The predicted molar refractivity (Wildman–Crippen MR) is 145 cm³/mol. The SMILES string of the molecule is O=C(NNC(=O)c1cc(-c2ccccc2)nc2ccccc12)OCc1ccc(C#Cc2ccccc2)s1. The van der Waals surface area contributed by atoms with Gasteiger partial charge in [-0.1, -0.05) is 78.6 Å². The molecule has 3 aromatic carbocycles. The Morgan fingerprint density at radius 1 is 0.811 bits per heavy atom. The van der Waals surface area contributed by atoms with E-state index in [4.69, 9.17) is 4.74 Å². The van der Waals surface area contributed by atoms with Crippen molar-refractivity contribution in [3.63, 3.8) is 0 Å². The maximum absolute atomic E-state index is 13.0. The summed E-state index contributed by atoms with van der Waals surface area (Å²) in [6.07, 6.45) is -0.764. The normalized spacial score (nSPS) is 10.3. The molecule has 0 fully saturated rings. The van der Waals surface area contributed by atoms with Crippen molar-refractivity contribution >= 4 is 34.2 Å². The third-order valence-corrected chi connectivity index (χ3v) is 6.39. The average Bonchev–Trinajstić information content (AvgIpc) is 3.42. The molecule has 0 aliphatic carbocycles. The lowest BCUT2D eigenvalue weighted by molar-refractivity contribution is 0.0907. The molecule has 2 aromatic heterocycles. The molecule has 7 heteroatoms. The van der Waals surface area contributed by atoms with Crippen molar-refractivity contribution < 1.29 is 14.3 Å². The number of para-hydroxylation sites is 1. The molecule has 0 spiro atoms. The number of hydrazine groups is 1. The zero-order valence-electron chi connectivity index (χ0n) is 19.6. The van der Waals surface area contributed by atoms with Crippen LogP contribution in [0.25, 0.3) is 22.2 Å². The average molecular weight is 504 g/mol. The fraction of sp³-hybridized carbons (Fsp3) is 0.0333. The van der Waals surface area contributed by atoms with Crippen LogP contribution in [0.5, 0.6) is 0 Å². The van der Waals surface area contributed by atoms with E-state index in [1.807, 2.05) is 97.1 Å². The van der Waals surface area contributed by atoms with E-state index in [2.05, 4.69) is 27.7 Å². The quantitative estimate of drug-likeness (QED) is 0.235. The first-order valence-corrected chi connectivity index (χ1v) is 12.3. The standard InChI is InChI=1S/C30H21N3O3S/c34-29(26-19-28(22-11-5-2-6-12-22)31-27-14-8-7-13-25(26)27)32-33-30(35)36-20-24-18-17-23(37-24)16-15-21-9-3-1-4-10-21/h1-14,17-19H,20H2,(H,32,34)(H,33,35). The number of rotatable bonds is 4. The molecule has 37 heavy (non-hydrogen) atoms. The van der Waals surface area contributed by atoms with Crippen LogP contribution in [-0.4, -0.2) is 17.0 Å². The highest BCUT2D eigenvalue weighted by molar-refractivity contribution is 7.12. The Balaban J connectivity index is 1.21. The first kappa shape index (κ1) is 23.8. The molecular formula is C30H21N3O3S. The Morgan fingerprint density at radius 3 is 2.35 bits per heavy atom. The number of nitrogens with zero attached hydrogens (tertiary/aromatic N) is 1. The number of carbonyl (C=O) groups is 2. The van der Waals surface area contributed by atoms with Crippen LogP contribution < -0.4 is 10.9 Å². The minimum Gasteiger partial charge on any atom is -0.443 e. The molecule has 2 heterocycles. The molecule has 6 nitrogen and oxygen atoms in total. The second-order valence-corrected chi connectivity index (χ2v) is 9.14. The molecule has 0 aliphatic heterocycles. The summed E-state index contributed by atoms with van der Waals surface area (Å²) in [6.45, 7) is 0.0652. The maximum atomic E-state index is 13.0. The van der Waals surface area contributed by atoms with E-state index < -0.39 is 12.0 Å². The van der Waals surface area contributed by atoms with Crippen LogP contribution >= 0.6 is 11.3 Å². The van der Waals surface area contributed by atoms with Gasteiger partial charge < -0.3 is 4.74 Å². The van der Waals surface area contributed by atoms with Crippen molar-refractivity contribution in [3.8, 4) is 23.1 Å². The summed E-state index contributed by atoms with van der Waals surface area (Å²) in [5.74, 6) is 5.74. The molecule has 0 saturated carbocycles. The van der Waals surface area contributed by atoms with E-state index in [1.54, 1.807) is 6.07 Å². The van der Waals surface area contributed by atoms with Gasteiger partial charge in [0.2, 0.25) is 0 Å². The summed E-state index contributed by atoms with van der Waals surface area (Å²) >= 11 is 1.44. The second kappa shape index (κ2) is 11.2. The number of thiophene rings is 1. The van der Waals surface area contributed by atoms with Crippen molar-refractivity contribution in [3.05, 3.63) is 124 Å². The minimum absolute atomic E-state index is 0.0652. The number of fused-ring (bicyclic) bond motifs is 1. The van der Waals surface area contributed by atoms with Gasteiger partial charge in [-0.05, 0) is 36.4 Å². The first-order valence-electron chi connectivity index (χ1n) is 11.5. The lowest BCUT2D eigenvalue weighted by atomic mass is 10.0. The summed E-state index contributed by atoms with van der Waals surface area (Å²) < 4.78 is 5.26. The van der Waals surface area contributed by atoms with Crippen LogP contribution in [-0.2, 0) is 11.3 Å². The highest BCUT2D eigenvalue weighted by Crippen LogP contribution is 2.24. The van der Waals surface area contributed by atoms with Gasteiger partial charge >= 0.3 is 6.09 Å². The Kier molecular flexibility index (Phi) is 7.21. The summed E-state index contributed by atoms with van der Waals surface area (Å²) in [7, 11) is 0. The van der Waals surface area contributed by atoms with Crippen LogP contribution in [0, 0.1) is 11.8 Å². The topological polar surface area (TPSA) is 80.3 Å². The molecule has 180 valence electrons. The molecule has 2 N–H and O–H groups in total. The highest BCUT2D eigenvalue weighted by Gasteiger charge is 2.15. The molecule has 5 aromatic rings. The van der Waals surface area contributed by atoms with Gasteiger partial charge in [-0.3, -0.25) is 10.2 Å². The van der Waals surface area contributed by atoms with Gasteiger partial charge in [0.1, 0.15) is 6.61 Å². The van der Waals surface area contributed by atoms with Crippen LogP contribution in [0.3, 0.4) is 0 Å². The predicted octanol–water partition coefficient (Wildman–Crippen LogP) is 5.93. The van der Waals surface area contributed by atoms with E-state index in [0.717, 1.165) is 20.9 Å². The van der Waals surface area contributed by atoms with E-state index in [1.165, 1.54) is 11.3 Å². The summed E-state index contributed by atoms with van der Waals surface area (Å²) in [6, 6.07) is 32.1. The Hall–Kier alpha value is -4.93. The Labute approximate surface area is 217 Å². The largest absolute Gasteiger partial charge is 0.443 e. The number of aromatic nitrogens is 1. The second-order valence-electron chi connectivity index (χ2n) is 7.98. The van der Waals surface area contributed by atoms with E-state index >= 15 is 0 Å². The minimum atomic E-state index is -0.764. The van der Waals surface area contributed by atoms with E-state index in [9.17, 15) is 9.59 Å². The van der Waals surface area contributed by atoms with Crippen molar-refractivity contribution in [2.75, 3.05) is 0 Å². The van der Waals surface area contributed by atoms with Gasteiger partial charge in [-0.25, -0.2) is 15.2 Å². The Morgan fingerprint density at radius 2 is 1.54 bits per heavy atom. The lowest BCUT2D eigenvalue weighted by Gasteiger charge is -2.11. The molecule has 0 unspecified atom stereocenters. The molecule has 0 bridgehead atoms. The maximum Gasteiger partial charge on any atom is 0.426 e. The van der Waals surface area contributed by atoms with E-state index in [0.29, 0.717) is 22.2 Å². The number of amides is 2. The summed E-state index contributed by atoms with van der Waals surface area (Å²) in [5.41, 5.74) is 8.32. The smallest absolute Gasteiger partial charge is 0.426 e. The Bertz CT molecular complexity index is 1620. The summed E-state index contributed by atoms with van der Waals surface area (Å²) in [5, 5.41) is 0.678. The zero-order chi connectivity index (χ0) is 25.5. The molecule has 0 atom stereocenters. The van der Waals surface area contributed by atoms with Crippen molar-refractivity contribution in [1.29, 1.82) is 0 Å². The van der Waals surface area contributed by atoms with Gasteiger partial charge in [-0.15, -0.1) is 11.3 Å². The number of pyridine rings is 1. The fourth-order valence-electron chi connectivity index (χ4n) is 3.65. The van der Waals surface area contributed by atoms with Gasteiger partial charge in [0.25, 0.3) is 5.91 Å². The van der Waals surface area contributed by atoms with E-state index in [-0.39, 0.29) is 6.61 Å². The van der Waals surface area contributed by atoms with Gasteiger partial charge in [-0.2, -0.15) is 0 Å². The van der Waals surface area contributed by atoms with Gasteiger partial charge in [0.05, 0.1) is 21.7 Å². The van der Waals surface area contributed by atoms with Crippen LogP contribution in [0.1, 0.15) is 25.7 Å². The van der Waals surface area contributed by atoms with Crippen molar-refractivity contribution in [2.45, 2.75) is 6.61 Å². The number of hydrogen-bond donors (Lipinski definition) is 2. The highest BCUT2D eigenvalue weighted by atomic mass is 32.1. The van der Waals surface area contributed by atoms with Gasteiger partial charge in [0.15, 0.2) is 0 Å². The van der Waals surface area contributed by atoms with Crippen LogP contribution in [0.15, 0.2) is 103 Å². The number of carbonyl (C=O) groups excluding carboxylic acids is 2. The van der Waals surface area contributed by atoms with Crippen LogP contribution in [0.4, 0.5) is 4.79 Å². The summed E-state index contributed by atoms with van der Waals surface area (Å²) in [4.78, 5) is 31.6. The number of ether oxygens (including phenoxy) is 1. The van der Waals surface area contributed by atoms with Crippen molar-refractivity contribution in [1.82, 2.24) is 15.8 Å². The molecule has 2 amide bonds. The molecular weight excluding hydrogens is 482 g/mol. The molecule has 0 saturated heterocycles. The lowest BCUT2D eigenvalue weighted by Crippen LogP contribution is -2.41. The zero-order valence-corrected chi connectivity index (χ0v) is 20.4. The molecule has 0 radical (unpaired) electrons. The molecule has 0 aliphatic rings. The third kappa shape index (κ3) is 6.01. The van der Waals surface area contributed by atoms with Crippen LogP contribution in [0.2, 0.25) is 0 Å². The molecule has 5 rings (SSSR count). The third-order valence-electron chi connectivity index (χ3n) is 5.42. The number of benzene rings is 3. The fourth-order valence-corrected chi connectivity index (χ4v) is 4.42. The van der Waals surface area contributed by atoms with Gasteiger partial charge in [0, 0.05) is 21.4 Å². The number of hydrogen-bond acceptors (Lipinski definition) is 5. The number of nitrogens with one attached hydrogen (secondary N) is 2. The first-order chi connectivity index (χ1) is 18.2. The van der Waals surface area contributed by atoms with Crippen molar-refractivity contribution in [2.24, 2.45) is 0 Å².